The molecule has 0 saturated heterocycles. The van der Waals surface area contributed by atoms with Gasteiger partial charge in [-0.15, -0.1) is 0 Å². The molecule has 2 aliphatic rings. The van der Waals surface area contributed by atoms with Crippen LogP contribution in [0.3, 0.4) is 0 Å². The molecule has 242 valence electrons. The topological polar surface area (TPSA) is 12.5 Å². The van der Waals surface area contributed by atoms with Crippen LogP contribution in [0.5, 0.6) is 11.5 Å². The van der Waals surface area contributed by atoms with Crippen molar-refractivity contribution in [1.29, 1.82) is 0 Å². The van der Waals surface area contributed by atoms with Crippen molar-refractivity contribution >= 4 is 27.8 Å². The molecule has 0 radical (unpaired) electrons. The van der Waals surface area contributed by atoms with Gasteiger partial charge in [0.25, 0.3) is 0 Å². The molecule has 0 saturated carbocycles. The van der Waals surface area contributed by atoms with Crippen molar-refractivity contribution in [2.75, 3.05) is 4.90 Å². The van der Waals surface area contributed by atoms with Crippen LogP contribution in [0.15, 0.2) is 176 Å². The Morgan fingerprint density at radius 3 is 1.92 bits per heavy atom. The summed E-state index contributed by atoms with van der Waals surface area (Å²) in [4.78, 5) is 2.43. The van der Waals surface area contributed by atoms with Crippen LogP contribution in [0.2, 0.25) is 0 Å². The van der Waals surface area contributed by atoms with Crippen molar-refractivity contribution in [2.24, 2.45) is 0 Å². The Morgan fingerprint density at radius 1 is 0.451 bits per heavy atom. The molecule has 0 bridgehead atoms. The number of hydrogen-bond acceptors (Lipinski definition) is 2. The lowest BCUT2D eigenvalue weighted by Crippen LogP contribution is -2.17. The Bertz CT molecular complexity index is 2640. The van der Waals surface area contributed by atoms with E-state index in [0.717, 1.165) is 72.7 Å². The van der Waals surface area contributed by atoms with Crippen LogP contribution >= 0.6 is 0 Å². The normalized spacial score (nSPS) is 13.2. The smallest absolute Gasteiger partial charge is 0.145 e. The SMILES string of the molecule is CC1(C)c2ccccc2-c2ccc(N(c3ccccc3)c3cc4ccccc4c4c3-c3ccccc3-c3ccc(-c5ccccc5)cc3O4)cc21. The van der Waals surface area contributed by atoms with Gasteiger partial charge in [-0.05, 0) is 92.4 Å². The summed E-state index contributed by atoms with van der Waals surface area (Å²) in [7, 11) is 0. The number of para-hydroxylation sites is 1. The first kappa shape index (κ1) is 29.5. The number of hydrogen-bond donors (Lipinski definition) is 0. The summed E-state index contributed by atoms with van der Waals surface area (Å²) >= 11 is 0. The number of anilines is 3. The first-order valence-electron chi connectivity index (χ1n) is 17.7. The summed E-state index contributed by atoms with van der Waals surface area (Å²) in [6.45, 7) is 4.70. The summed E-state index contributed by atoms with van der Waals surface area (Å²) in [5.74, 6) is 1.72. The fourth-order valence-electron chi connectivity index (χ4n) is 8.36. The predicted octanol–water partition coefficient (Wildman–Crippen LogP) is 13.7. The lowest BCUT2D eigenvalue weighted by atomic mass is 9.82. The number of rotatable bonds is 4. The minimum absolute atomic E-state index is 0.127. The molecule has 10 rings (SSSR count). The van der Waals surface area contributed by atoms with Crippen LogP contribution in [0.1, 0.15) is 25.0 Å². The quantitative estimate of drug-likeness (QED) is 0.187. The van der Waals surface area contributed by atoms with Gasteiger partial charge in [0.15, 0.2) is 0 Å². The minimum Gasteiger partial charge on any atom is -0.455 e. The highest BCUT2D eigenvalue weighted by Crippen LogP contribution is 2.56. The van der Waals surface area contributed by atoms with Gasteiger partial charge in [0, 0.05) is 33.3 Å². The average Bonchev–Trinajstić information content (AvgIpc) is 3.31. The second-order valence-corrected chi connectivity index (χ2v) is 14.1. The van der Waals surface area contributed by atoms with Crippen LogP contribution in [0, 0.1) is 0 Å². The fourth-order valence-corrected chi connectivity index (χ4v) is 8.36. The Kier molecular flexibility index (Phi) is 6.56. The molecule has 2 nitrogen and oxygen atoms in total. The summed E-state index contributed by atoms with van der Waals surface area (Å²) in [6, 6.07) is 63.5. The van der Waals surface area contributed by atoms with E-state index >= 15 is 0 Å². The number of fused-ring (bicyclic) bond motifs is 10. The second kappa shape index (κ2) is 11.3. The second-order valence-electron chi connectivity index (χ2n) is 14.1. The Labute approximate surface area is 298 Å². The van der Waals surface area contributed by atoms with Gasteiger partial charge in [0.1, 0.15) is 11.5 Å². The number of benzene rings is 8. The summed E-state index contributed by atoms with van der Waals surface area (Å²) in [5.41, 5.74) is 15.3. The third kappa shape index (κ3) is 4.57. The van der Waals surface area contributed by atoms with Crippen molar-refractivity contribution in [3.63, 3.8) is 0 Å². The zero-order chi connectivity index (χ0) is 34.1. The van der Waals surface area contributed by atoms with Gasteiger partial charge >= 0.3 is 0 Å². The Morgan fingerprint density at radius 2 is 1.10 bits per heavy atom. The van der Waals surface area contributed by atoms with Crippen molar-refractivity contribution in [2.45, 2.75) is 19.3 Å². The van der Waals surface area contributed by atoms with E-state index in [1.165, 1.54) is 22.3 Å². The van der Waals surface area contributed by atoms with Crippen molar-refractivity contribution in [3.8, 4) is 56.0 Å². The van der Waals surface area contributed by atoms with Crippen LogP contribution in [-0.2, 0) is 5.41 Å². The molecule has 0 aromatic heterocycles. The van der Waals surface area contributed by atoms with Crippen molar-refractivity contribution in [1.82, 2.24) is 0 Å². The molecule has 0 unspecified atom stereocenters. The Balaban J connectivity index is 1.26. The lowest BCUT2D eigenvalue weighted by Gasteiger charge is -2.31. The molecule has 0 spiro atoms. The molecule has 0 atom stereocenters. The van der Waals surface area contributed by atoms with Gasteiger partial charge < -0.3 is 9.64 Å². The maximum Gasteiger partial charge on any atom is 0.145 e. The van der Waals surface area contributed by atoms with E-state index in [4.69, 9.17) is 4.74 Å². The third-order valence-electron chi connectivity index (χ3n) is 10.8. The van der Waals surface area contributed by atoms with Crippen LogP contribution in [0.25, 0.3) is 55.3 Å². The molecule has 1 aliphatic heterocycles. The first-order chi connectivity index (χ1) is 25.1. The molecule has 8 aromatic carbocycles. The predicted molar refractivity (Wildman–Crippen MR) is 213 cm³/mol. The highest BCUT2D eigenvalue weighted by atomic mass is 16.5. The van der Waals surface area contributed by atoms with E-state index in [2.05, 4.69) is 195 Å². The zero-order valence-corrected chi connectivity index (χ0v) is 28.6. The molecule has 8 aromatic rings. The molecule has 0 amide bonds. The molecule has 1 aliphatic carbocycles. The average molecular weight is 654 g/mol. The van der Waals surface area contributed by atoms with Crippen LogP contribution in [-0.4, -0.2) is 0 Å². The first-order valence-corrected chi connectivity index (χ1v) is 17.7. The lowest BCUT2D eigenvalue weighted by molar-refractivity contribution is 0.493. The van der Waals surface area contributed by atoms with Crippen molar-refractivity contribution in [3.05, 3.63) is 187 Å². The third-order valence-corrected chi connectivity index (χ3v) is 10.8. The van der Waals surface area contributed by atoms with Crippen LogP contribution in [0.4, 0.5) is 17.1 Å². The standard InChI is InChI=1S/C49H35NO/c1-49(2)43-24-14-13-22-39(43)40-28-26-36(31-44(40)49)50(35-18-7-4-8-19-35)45-29-34-17-9-10-20-37(34)48-47(45)42-23-12-11-21-38(42)41-27-25-33(30-46(41)51-48)32-15-5-3-6-16-32/h3-31H,1-2H3. The van der Waals surface area contributed by atoms with E-state index in [9.17, 15) is 0 Å². The number of nitrogens with zero attached hydrogens (tertiary/aromatic N) is 1. The molecular weight excluding hydrogens is 619 g/mol. The highest BCUT2D eigenvalue weighted by Gasteiger charge is 2.36. The van der Waals surface area contributed by atoms with E-state index in [0.29, 0.717) is 0 Å². The van der Waals surface area contributed by atoms with Gasteiger partial charge in [-0.3, -0.25) is 0 Å². The Hall–Kier alpha value is -6.38. The molecular formula is C49H35NO. The molecule has 51 heavy (non-hydrogen) atoms. The van der Waals surface area contributed by atoms with Crippen molar-refractivity contribution < 1.29 is 4.74 Å². The zero-order valence-electron chi connectivity index (χ0n) is 28.6. The van der Waals surface area contributed by atoms with Gasteiger partial charge in [0.2, 0.25) is 0 Å². The maximum absolute atomic E-state index is 7.25. The fraction of sp³-hybridized carbons (Fsp3) is 0.0612. The summed E-state index contributed by atoms with van der Waals surface area (Å²) < 4.78 is 7.25. The van der Waals surface area contributed by atoms with Gasteiger partial charge in [0.05, 0.1) is 5.69 Å². The van der Waals surface area contributed by atoms with E-state index in [1.807, 2.05) is 0 Å². The highest BCUT2D eigenvalue weighted by molar-refractivity contribution is 6.08. The largest absolute Gasteiger partial charge is 0.455 e. The summed E-state index contributed by atoms with van der Waals surface area (Å²) in [6.07, 6.45) is 0. The molecule has 2 heteroatoms. The van der Waals surface area contributed by atoms with Crippen LogP contribution < -0.4 is 9.64 Å². The molecule has 0 fully saturated rings. The maximum atomic E-state index is 7.25. The number of ether oxygens (including phenoxy) is 1. The van der Waals surface area contributed by atoms with Gasteiger partial charge in [-0.1, -0.05) is 147 Å². The van der Waals surface area contributed by atoms with Gasteiger partial charge in [-0.25, -0.2) is 0 Å². The summed E-state index contributed by atoms with van der Waals surface area (Å²) in [5, 5.41) is 2.21. The monoisotopic (exact) mass is 653 g/mol. The van der Waals surface area contributed by atoms with E-state index in [-0.39, 0.29) is 5.41 Å². The van der Waals surface area contributed by atoms with E-state index in [1.54, 1.807) is 0 Å². The minimum atomic E-state index is -0.127. The van der Waals surface area contributed by atoms with E-state index < -0.39 is 0 Å². The molecule has 0 N–H and O–H groups in total. The molecule has 1 heterocycles. The van der Waals surface area contributed by atoms with Gasteiger partial charge in [-0.2, -0.15) is 0 Å².